The number of likely N-dealkylation sites (N-methyl/N-ethyl adjacent to an activating group) is 1. The molecule has 1 saturated carbocycles. The summed E-state index contributed by atoms with van der Waals surface area (Å²) in [5.41, 5.74) is 1.60. The summed E-state index contributed by atoms with van der Waals surface area (Å²) < 4.78 is 38.3. The number of halogens is 2. The number of piperidine rings is 1. The molecule has 0 radical (unpaired) electrons. The maximum absolute atomic E-state index is 15.1. The number of para-hydroxylation sites is 1. The van der Waals surface area contributed by atoms with Gasteiger partial charge in [0.15, 0.2) is 11.5 Å². The van der Waals surface area contributed by atoms with Gasteiger partial charge >= 0.3 is 0 Å². The van der Waals surface area contributed by atoms with Gasteiger partial charge in [-0.1, -0.05) is 18.2 Å². The van der Waals surface area contributed by atoms with Crippen molar-refractivity contribution < 1.29 is 18.3 Å². The summed E-state index contributed by atoms with van der Waals surface area (Å²) in [5.74, 6) is 2.45. The van der Waals surface area contributed by atoms with Gasteiger partial charge in [-0.25, -0.2) is 18.7 Å². The van der Waals surface area contributed by atoms with E-state index in [1.165, 1.54) is 5.56 Å². The molecule has 1 aromatic heterocycles. The molecule has 36 heavy (non-hydrogen) atoms. The van der Waals surface area contributed by atoms with Crippen LogP contribution in [0.4, 0.5) is 20.3 Å². The molecule has 1 aliphatic carbocycles. The van der Waals surface area contributed by atoms with Crippen molar-refractivity contribution in [1.82, 2.24) is 9.97 Å². The summed E-state index contributed by atoms with van der Waals surface area (Å²) in [5, 5.41) is 0.924. The molecule has 1 aliphatic heterocycles. The van der Waals surface area contributed by atoms with Gasteiger partial charge in [0.05, 0.1) is 25.8 Å². The lowest BCUT2D eigenvalue weighted by molar-refractivity contribution is 0.125. The van der Waals surface area contributed by atoms with Crippen LogP contribution < -0.4 is 14.5 Å². The molecule has 0 atom stereocenters. The van der Waals surface area contributed by atoms with E-state index in [0.717, 1.165) is 54.1 Å². The smallest absolute Gasteiger partial charge is 0.170 e. The second-order valence-electron chi connectivity index (χ2n) is 9.76. The van der Waals surface area contributed by atoms with Crippen molar-refractivity contribution in [2.24, 2.45) is 0 Å². The maximum Gasteiger partial charge on any atom is 0.170 e. The monoisotopic (exact) mass is 496 g/mol. The molecule has 2 aromatic carbocycles. The number of methoxy groups -OCH3 is 1. The molecular weight excluding hydrogens is 462 g/mol. The Hall–Kier alpha value is -3.00. The first-order valence-electron chi connectivity index (χ1n) is 12.8. The van der Waals surface area contributed by atoms with Gasteiger partial charge in [-0.3, -0.25) is 0 Å². The number of benzene rings is 2. The average Bonchev–Trinajstić information content (AvgIpc) is 3.68. The summed E-state index contributed by atoms with van der Waals surface area (Å²) >= 11 is 0. The molecule has 5 rings (SSSR count). The zero-order valence-corrected chi connectivity index (χ0v) is 21.1. The lowest BCUT2D eigenvalue weighted by atomic mass is 9.88. The van der Waals surface area contributed by atoms with Gasteiger partial charge in [0.2, 0.25) is 0 Å². The first kappa shape index (κ1) is 24.7. The first-order valence-corrected chi connectivity index (χ1v) is 12.8. The normalized spacial score (nSPS) is 17.4. The number of nitrogens with zero attached hydrogens (tertiary/aromatic N) is 4. The van der Waals surface area contributed by atoms with Crippen LogP contribution in [0.1, 0.15) is 43.0 Å². The second-order valence-corrected chi connectivity index (χ2v) is 9.76. The number of aromatic nitrogens is 2. The van der Waals surface area contributed by atoms with Gasteiger partial charge in [-0.2, -0.15) is 0 Å². The first-order chi connectivity index (χ1) is 17.5. The SMILES string of the molecule is COc1ccccc1C1CCN(c2nc(C3(F)CC3)nc3ccc(N(C)CCOCCF)cc23)CC1. The average molecular weight is 497 g/mol. The quantitative estimate of drug-likeness (QED) is 0.350. The van der Waals surface area contributed by atoms with E-state index < -0.39 is 12.3 Å². The third-order valence-electron chi connectivity index (χ3n) is 7.36. The fourth-order valence-electron chi connectivity index (χ4n) is 5.01. The summed E-state index contributed by atoms with van der Waals surface area (Å²) in [6.07, 6.45) is 2.89. The molecule has 2 aliphatic rings. The van der Waals surface area contributed by atoms with Crippen molar-refractivity contribution >= 4 is 22.4 Å². The van der Waals surface area contributed by atoms with E-state index in [-0.39, 0.29) is 6.61 Å². The summed E-state index contributed by atoms with van der Waals surface area (Å²) in [4.78, 5) is 13.8. The van der Waals surface area contributed by atoms with E-state index in [4.69, 9.17) is 14.5 Å². The molecule has 3 aromatic rings. The number of ether oxygens (including phenoxy) is 2. The Balaban J connectivity index is 1.41. The van der Waals surface area contributed by atoms with Gasteiger partial charge in [0, 0.05) is 37.8 Å². The van der Waals surface area contributed by atoms with Gasteiger partial charge in [-0.15, -0.1) is 0 Å². The van der Waals surface area contributed by atoms with Crippen LogP contribution in [0.25, 0.3) is 10.9 Å². The largest absolute Gasteiger partial charge is 0.496 e. The number of anilines is 2. The number of rotatable bonds is 10. The van der Waals surface area contributed by atoms with Crippen LogP contribution in [-0.2, 0) is 10.4 Å². The molecular formula is C28H34F2N4O2. The molecule has 6 nitrogen and oxygen atoms in total. The maximum atomic E-state index is 15.1. The highest BCUT2D eigenvalue weighted by molar-refractivity contribution is 5.92. The Morgan fingerprint density at radius 2 is 1.86 bits per heavy atom. The lowest BCUT2D eigenvalue weighted by Gasteiger charge is -2.34. The van der Waals surface area contributed by atoms with Crippen molar-refractivity contribution in [1.29, 1.82) is 0 Å². The molecule has 0 unspecified atom stereocenters. The highest BCUT2D eigenvalue weighted by Gasteiger charge is 2.48. The van der Waals surface area contributed by atoms with Crippen LogP contribution >= 0.6 is 0 Å². The van der Waals surface area contributed by atoms with Crippen LogP contribution in [0.3, 0.4) is 0 Å². The molecule has 2 heterocycles. The number of hydrogen-bond acceptors (Lipinski definition) is 6. The lowest BCUT2D eigenvalue weighted by Crippen LogP contribution is -2.34. The third kappa shape index (κ3) is 5.09. The molecule has 8 heteroatoms. The van der Waals surface area contributed by atoms with Crippen molar-refractivity contribution in [2.45, 2.75) is 37.3 Å². The summed E-state index contributed by atoms with van der Waals surface area (Å²) in [6, 6.07) is 14.2. The van der Waals surface area contributed by atoms with Crippen molar-refractivity contribution in [3.8, 4) is 5.75 Å². The molecule has 0 spiro atoms. The van der Waals surface area contributed by atoms with Gasteiger partial charge in [0.1, 0.15) is 18.2 Å². The standard InChI is InChI=1S/C28H34F2N4O2/c1-33(16-18-36-17-13-29)21-7-8-24-23(19-21)26(32-27(31-24)28(30)11-12-28)34-14-9-20(10-15-34)22-5-3-4-6-25(22)35-2/h3-8,19-20H,9-18H2,1-2H3. The Kier molecular flexibility index (Phi) is 7.23. The zero-order valence-electron chi connectivity index (χ0n) is 21.1. The van der Waals surface area contributed by atoms with Gasteiger partial charge in [-0.05, 0) is 61.4 Å². The molecule has 0 amide bonds. The van der Waals surface area contributed by atoms with E-state index in [1.807, 2.05) is 31.3 Å². The topological polar surface area (TPSA) is 50.7 Å². The Labute approximate surface area is 211 Å². The summed E-state index contributed by atoms with van der Waals surface area (Å²) in [7, 11) is 3.70. The van der Waals surface area contributed by atoms with Crippen molar-refractivity contribution in [3.63, 3.8) is 0 Å². The third-order valence-corrected chi connectivity index (χ3v) is 7.36. The number of alkyl halides is 2. The van der Waals surface area contributed by atoms with Crippen molar-refractivity contribution in [2.75, 3.05) is 63.5 Å². The van der Waals surface area contributed by atoms with Crippen molar-refractivity contribution in [3.05, 3.63) is 53.9 Å². The van der Waals surface area contributed by atoms with Crippen LogP contribution in [0.2, 0.25) is 0 Å². The molecule has 0 bridgehead atoms. The molecule has 2 fully saturated rings. The fourth-order valence-corrected chi connectivity index (χ4v) is 5.01. The number of fused-ring (bicyclic) bond motifs is 1. The predicted molar refractivity (Wildman–Crippen MR) is 139 cm³/mol. The molecule has 192 valence electrons. The Morgan fingerprint density at radius 3 is 2.58 bits per heavy atom. The van der Waals surface area contributed by atoms with Crippen LogP contribution in [0, 0.1) is 0 Å². The van der Waals surface area contributed by atoms with Crippen LogP contribution in [0.15, 0.2) is 42.5 Å². The minimum atomic E-state index is -1.40. The van der Waals surface area contributed by atoms with E-state index in [9.17, 15) is 4.39 Å². The van der Waals surface area contributed by atoms with E-state index in [0.29, 0.717) is 37.7 Å². The van der Waals surface area contributed by atoms with E-state index in [1.54, 1.807) is 7.11 Å². The predicted octanol–water partition coefficient (Wildman–Crippen LogP) is 5.40. The number of hydrogen-bond donors (Lipinski definition) is 0. The Bertz CT molecular complexity index is 1200. The minimum Gasteiger partial charge on any atom is -0.496 e. The highest BCUT2D eigenvalue weighted by Crippen LogP contribution is 2.49. The Morgan fingerprint density at radius 1 is 1.08 bits per heavy atom. The van der Waals surface area contributed by atoms with Crippen LogP contribution in [0.5, 0.6) is 5.75 Å². The van der Waals surface area contributed by atoms with Crippen LogP contribution in [-0.4, -0.2) is 63.6 Å². The van der Waals surface area contributed by atoms with Gasteiger partial charge in [0.25, 0.3) is 0 Å². The molecule has 1 saturated heterocycles. The van der Waals surface area contributed by atoms with E-state index >= 15 is 4.39 Å². The van der Waals surface area contributed by atoms with Gasteiger partial charge < -0.3 is 19.3 Å². The second kappa shape index (κ2) is 10.5. The minimum absolute atomic E-state index is 0.113. The highest BCUT2D eigenvalue weighted by atomic mass is 19.1. The summed E-state index contributed by atoms with van der Waals surface area (Å²) in [6.45, 7) is 2.36. The molecule has 0 N–H and O–H groups in total. The fraction of sp³-hybridized carbons (Fsp3) is 0.500. The zero-order chi connectivity index (χ0) is 25.1. The van der Waals surface area contributed by atoms with E-state index in [2.05, 4.69) is 33.0 Å².